The molecule has 0 aliphatic rings. The Balaban J connectivity index is 1.75. The van der Waals surface area contributed by atoms with Crippen molar-refractivity contribution in [2.45, 2.75) is 26.3 Å². The summed E-state index contributed by atoms with van der Waals surface area (Å²) in [6.07, 6.45) is 1.79. The van der Waals surface area contributed by atoms with E-state index < -0.39 is 10.8 Å². The van der Waals surface area contributed by atoms with Crippen molar-refractivity contribution in [3.63, 3.8) is 0 Å². The first-order chi connectivity index (χ1) is 13.9. The van der Waals surface area contributed by atoms with E-state index in [4.69, 9.17) is 4.84 Å². The Morgan fingerprint density at radius 1 is 1.24 bits per heavy atom. The number of nitrogens with zero attached hydrogens (tertiary/aromatic N) is 2. The molecule has 0 aromatic heterocycles. The van der Waals surface area contributed by atoms with Gasteiger partial charge in [-0.05, 0) is 30.5 Å². The van der Waals surface area contributed by atoms with E-state index in [-0.39, 0.29) is 29.9 Å². The van der Waals surface area contributed by atoms with Gasteiger partial charge in [-0.25, -0.2) is 0 Å². The Morgan fingerprint density at radius 3 is 2.62 bits per heavy atom. The number of benzene rings is 2. The predicted molar refractivity (Wildman–Crippen MR) is 109 cm³/mol. The van der Waals surface area contributed by atoms with Gasteiger partial charge in [0, 0.05) is 17.8 Å². The number of nitro benzene ring substituents is 1. The number of non-ortho nitro benzene ring substituents is 1. The fourth-order valence-electron chi connectivity index (χ4n) is 2.46. The van der Waals surface area contributed by atoms with Gasteiger partial charge in [0.2, 0.25) is 0 Å². The van der Waals surface area contributed by atoms with Crippen molar-refractivity contribution in [3.8, 4) is 0 Å². The summed E-state index contributed by atoms with van der Waals surface area (Å²) in [5.41, 5.74) is 2.28. The minimum absolute atomic E-state index is 0.147. The van der Waals surface area contributed by atoms with E-state index in [0.717, 1.165) is 18.2 Å². The lowest BCUT2D eigenvalue weighted by atomic mass is 10.1. The zero-order valence-electron chi connectivity index (χ0n) is 16.1. The second kappa shape index (κ2) is 10.5. The molecule has 0 saturated carbocycles. The highest BCUT2D eigenvalue weighted by atomic mass is 16.6. The van der Waals surface area contributed by atoms with Crippen molar-refractivity contribution in [1.82, 2.24) is 5.32 Å². The number of carbonyl (C=O) groups is 2. The summed E-state index contributed by atoms with van der Waals surface area (Å²) < 4.78 is 0. The van der Waals surface area contributed by atoms with Crippen LogP contribution >= 0.6 is 0 Å². The van der Waals surface area contributed by atoms with Gasteiger partial charge in [0.15, 0.2) is 6.61 Å². The van der Waals surface area contributed by atoms with Crippen molar-refractivity contribution in [3.05, 3.63) is 69.8 Å². The van der Waals surface area contributed by atoms with Gasteiger partial charge in [0.25, 0.3) is 17.5 Å². The van der Waals surface area contributed by atoms with Crippen molar-refractivity contribution in [2.24, 2.45) is 5.16 Å². The second-order valence-electron chi connectivity index (χ2n) is 6.19. The van der Waals surface area contributed by atoms with Gasteiger partial charge < -0.3 is 15.5 Å². The Bertz CT molecular complexity index is 896. The molecule has 0 radical (unpaired) electrons. The molecule has 2 N–H and O–H groups in total. The molecule has 0 aliphatic carbocycles. The molecule has 2 aromatic carbocycles. The van der Waals surface area contributed by atoms with Gasteiger partial charge in [-0.3, -0.25) is 19.7 Å². The zero-order valence-corrected chi connectivity index (χ0v) is 16.1. The number of hydrogen-bond donors (Lipinski definition) is 2. The minimum Gasteiger partial charge on any atom is -0.386 e. The van der Waals surface area contributed by atoms with E-state index in [1.807, 2.05) is 31.2 Å². The Hall–Kier alpha value is -3.75. The van der Waals surface area contributed by atoms with Crippen LogP contribution in [0, 0.1) is 10.1 Å². The molecule has 0 saturated heterocycles. The number of hydrogen-bond acceptors (Lipinski definition) is 6. The Kier molecular flexibility index (Phi) is 7.84. The first-order valence-electron chi connectivity index (χ1n) is 8.98. The van der Waals surface area contributed by atoms with Crippen LogP contribution in [0.15, 0.2) is 53.7 Å². The fraction of sp³-hybridized carbons (Fsp3) is 0.250. The molecule has 9 heteroatoms. The third-order valence-electron chi connectivity index (χ3n) is 4.03. The summed E-state index contributed by atoms with van der Waals surface area (Å²) in [5.74, 6) is -1.02. The van der Waals surface area contributed by atoms with Gasteiger partial charge in [-0.1, -0.05) is 42.4 Å². The molecule has 0 unspecified atom stereocenters. The van der Waals surface area contributed by atoms with Gasteiger partial charge in [0.1, 0.15) is 6.21 Å². The van der Waals surface area contributed by atoms with E-state index >= 15 is 0 Å². The van der Waals surface area contributed by atoms with Gasteiger partial charge in [-0.15, -0.1) is 0 Å². The molecule has 152 valence electrons. The summed E-state index contributed by atoms with van der Waals surface area (Å²) in [7, 11) is 0. The quantitative estimate of drug-likeness (QED) is 0.382. The maximum atomic E-state index is 11.9. The number of nitrogens with one attached hydrogen (secondary N) is 2. The molecule has 2 rings (SSSR count). The largest absolute Gasteiger partial charge is 0.386 e. The highest BCUT2D eigenvalue weighted by Crippen LogP contribution is 2.16. The average molecular weight is 398 g/mol. The molecular weight excluding hydrogens is 376 g/mol. The number of oxime groups is 1. The predicted octanol–water partition coefficient (Wildman–Crippen LogP) is 2.98. The summed E-state index contributed by atoms with van der Waals surface area (Å²) in [6.45, 7) is 3.58. The smallest absolute Gasteiger partial charge is 0.271 e. The number of rotatable bonds is 9. The van der Waals surface area contributed by atoms with Crippen LogP contribution in [0.2, 0.25) is 0 Å². The van der Waals surface area contributed by atoms with Crippen LogP contribution in [0.3, 0.4) is 0 Å². The molecule has 0 bridgehead atoms. The summed E-state index contributed by atoms with van der Waals surface area (Å²) in [4.78, 5) is 38.6. The van der Waals surface area contributed by atoms with Crippen LogP contribution in [0.4, 0.5) is 11.4 Å². The topological polar surface area (TPSA) is 123 Å². The Morgan fingerprint density at radius 2 is 1.97 bits per heavy atom. The highest BCUT2D eigenvalue weighted by Gasteiger charge is 2.10. The Labute approximate surface area is 167 Å². The first kappa shape index (κ1) is 21.5. The minimum atomic E-state index is -0.643. The summed E-state index contributed by atoms with van der Waals surface area (Å²) in [5, 5.41) is 19.3. The lowest BCUT2D eigenvalue weighted by molar-refractivity contribution is -0.384. The third-order valence-corrected chi connectivity index (χ3v) is 4.03. The van der Waals surface area contributed by atoms with E-state index in [1.54, 1.807) is 0 Å². The van der Waals surface area contributed by atoms with Crippen molar-refractivity contribution in [2.75, 3.05) is 11.9 Å². The molecule has 0 spiro atoms. The van der Waals surface area contributed by atoms with E-state index in [2.05, 4.69) is 22.7 Å². The monoisotopic (exact) mass is 398 g/mol. The van der Waals surface area contributed by atoms with Crippen LogP contribution in [-0.4, -0.2) is 29.6 Å². The fourth-order valence-corrected chi connectivity index (χ4v) is 2.46. The molecule has 0 fully saturated rings. The molecule has 2 amide bonds. The van der Waals surface area contributed by atoms with Crippen molar-refractivity contribution < 1.29 is 19.3 Å². The van der Waals surface area contributed by atoms with Gasteiger partial charge in [0.05, 0.1) is 11.0 Å². The maximum Gasteiger partial charge on any atom is 0.271 e. The number of anilines is 1. The highest BCUT2D eigenvalue weighted by molar-refractivity contribution is 6.31. The van der Waals surface area contributed by atoms with Crippen molar-refractivity contribution in [1.29, 1.82) is 0 Å². The van der Waals surface area contributed by atoms with Crippen LogP contribution in [0.25, 0.3) is 0 Å². The zero-order chi connectivity index (χ0) is 21.2. The van der Waals surface area contributed by atoms with Crippen LogP contribution in [-0.2, 0) is 20.8 Å². The number of aryl methyl sites for hydroxylation is 1. The second-order valence-corrected chi connectivity index (χ2v) is 6.19. The summed E-state index contributed by atoms with van der Waals surface area (Å²) >= 11 is 0. The summed E-state index contributed by atoms with van der Waals surface area (Å²) in [6, 6.07) is 13.2. The molecule has 0 aliphatic heterocycles. The lowest BCUT2D eigenvalue weighted by Gasteiger charge is -2.14. The van der Waals surface area contributed by atoms with Crippen LogP contribution in [0.1, 0.15) is 31.0 Å². The number of carbonyl (C=O) groups excluding carboxylic acids is 2. The standard InChI is InChI=1S/C20H22N4O5/c1-3-15-7-9-16(10-8-15)14(2)22-20(26)13-29-21-12-19(25)23-17-5-4-6-18(11-17)24(27)28/h4-12,14H,3,13H2,1-2H3,(H,22,26)(H,23,25)/b21-12-/t14-/m0/s1. The normalized spacial score (nSPS) is 11.7. The molecule has 29 heavy (non-hydrogen) atoms. The van der Waals surface area contributed by atoms with E-state index in [0.29, 0.717) is 0 Å². The van der Waals surface area contributed by atoms with Crippen LogP contribution < -0.4 is 10.6 Å². The third kappa shape index (κ3) is 7.06. The molecule has 9 nitrogen and oxygen atoms in total. The number of amides is 2. The average Bonchev–Trinajstić information content (AvgIpc) is 2.71. The van der Waals surface area contributed by atoms with E-state index in [1.165, 1.54) is 29.8 Å². The van der Waals surface area contributed by atoms with Crippen LogP contribution in [0.5, 0.6) is 0 Å². The molecule has 2 aromatic rings. The molecule has 0 heterocycles. The molecular formula is C20H22N4O5. The lowest BCUT2D eigenvalue weighted by Crippen LogP contribution is -2.29. The van der Waals surface area contributed by atoms with E-state index in [9.17, 15) is 19.7 Å². The first-order valence-corrected chi connectivity index (χ1v) is 8.98. The van der Waals surface area contributed by atoms with Gasteiger partial charge in [-0.2, -0.15) is 0 Å². The maximum absolute atomic E-state index is 11.9. The van der Waals surface area contributed by atoms with Crippen molar-refractivity contribution >= 4 is 29.4 Å². The molecule has 1 atom stereocenters. The SMILES string of the molecule is CCc1ccc([C@H](C)NC(=O)CO/N=C\C(=O)Nc2cccc([N+](=O)[O-])c2)cc1. The number of nitro groups is 1. The van der Waals surface area contributed by atoms with Gasteiger partial charge >= 0.3 is 0 Å².